The van der Waals surface area contributed by atoms with Crippen molar-refractivity contribution >= 4 is 21.6 Å². The van der Waals surface area contributed by atoms with Crippen molar-refractivity contribution < 1.29 is 5.11 Å². The van der Waals surface area contributed by atoms with Gasteiger partial charge in [0.25, 0.3) is 5.56 Å². The van der Waals surface area contributed by atoms with Gasteiger partial charge >= 0.3 is 0 Å². The number of rotatable bonds is 2. The van der Waals surface area contributed by atoms with E-state index >= 15 is 0 Å². The molecule has 0 bridgehead atoms. The van der Waals surface area contributed by atoms with E-state index in [-0.39, 0.29) is 17.7 Å². The van der Waals surface area contributed by atoms with E-state index in [2.05, 4.69) is 26.3 Å². The predicted molar refractivity (Wildman–Crippen MR) is 73.7 cm³/mol. The van der Waals surface area contributed by atoms with Crippen LogP contribution in [0.15, 0.2) is 15.5 Å². The molecule has 5 nitrogen and oxygen atoms in total. The molecule has 0 spiro atoms. The molecular formula is C12H18BrN3O2. The van der Waals surface area contributed by atoms with Crippen LogP contribution in [0.1, 0.15) is 32.1 Å². The van der Waals surface area contributed by atoms with E-state index in [1.807, 2.05) is 0 Å². The maximum absolute atomic E-state index is 11.7. The summed E-state index contributed by atoms with van der Waals surface area (Å²) in [5.41, 5.74) is 0.479. The summed E-state index contributed by atoms with van der Waals surface area (Å²) in [7, 11) is 1.61. The van der Waals surface area contributed by atoms with Gasteiger partial charge in [-0.05, 0) is 28.8 Å². The van der Waals surface area contributed by atoms with E-state index in [0.29, 0.717) is 10.2 Å². The zero-order valence-corrected chi connectivity index (χ0v) is 12.0. The van der Waals surface area contributed by atoms with Gasteiger partial charge in [0.05, 0.1) is 24.0 Å². The average molecular weight is 316 g/mol. The van der Waals surface area contributed by atoms with Gasteiger partial charge in [-0.3, -0.25) is 4.79 Å². The van der Waals surface area contributed by atoms with Crippen molar-refractivity contribution in [2.45, 2.75) is 44.2 Å². The van der Waals surface area contributed by atoms with E-state index in [9.17, 15) is 9.90 Å². The Morgan fingerprint density at radius 2 is 2.17 bits per heavy atom. The highest BCUT2D eigenvalue weighted by atomic mass is 79.9. The van der Waals surface area contributed by atoms with Crippen molar-refractivity contribution in [3.05, 3.63) is 21.0 Å². The van der Waals surface area contributed by atoms with Crippen LogP contribution in [-0.4, -0.2) is 27.0 Å². The number of halogens is 1. The first kappa shape index (κ1) is 13.5. The fourth-order valence-corrected chi connectivity index (χ4v) is 2.74. The van der Waals surface area contributed by atoms with Gasteiger partial charge in [0, 0.05) is 7.05 Å². The molecule has 2 unspecified atom stereocenters. The van der Waals surface area contributed by atoms with Crippen LogP contribution < -0.4 is 10.9 Å². The smallest absolute Gasteiger partial charge is 0.282 e. The van der Waals surface area contributed by atoms with Crippen molar-refractivity contribution in [1.29, 1.82) is 0 Å². The molecule has 2 atom stereocenters. The second-order valence-corrected chi connectivity index (χ2v) is 5.55. The SMILES string of the molecule is Cn1ncc(NC2CCCCCC2O)c(Br)c1=O. The summed E-state index contributed by atoms with van der Waals surface area (Å²) < 4.78 is 1.75. The van der Waals surface area contributed by atoms with Crippen LogP contribution in [0.4, 0.5) is 5.69 Å². The van der Waals surface area contributed by atoms with Crippen molar-refractivity contribution in [1.82, 2.24) is 9.78 Å². The van der Waals surface area contributed by atoms with Crippen LogP contribution in [-0.2, 0) is 7.05 Å². The van der Waals surface area contributed by atoms with E-state index < -0.39 is 0 Å². The highest BCUT2D eigenvalue weighted by Gasteiger charge is 2.22. The van der Waals surface area contributed by atoms with Crippen molar-refractivity contribution in [3.8, 4) is 0 Å². The molecule has 1 aliphatic rings. The minimum absolute atomic E-state index is 0.00212. The molecule has 0 amide bonds. The summed E-state index contributed by atoms with van der Waals surface area (Å²) in [6.07, 6.45) is 6.31. The highest BCUT2D eigenvalue weighted by molar-refractivity contribution is 9.10. The molecule has 1 saturated carbocycles. The number of aliphatic hydroxyl groups is 1. The normalized spacial score (nSPS) is 24.6. The maximum atomic E-state index is 11.7. The zero-order chi connectivity index (χ0) is 13.1. The molecule has 100 valence electrons. The molecule has 6 heteroatoms. The molecule has 2 N–H and O–H groups in total. The third-order valence-electron chi connectivity index (χ3n) is 3.40. The summed E-state index contributed by atoms with van der Waals surface area (Å²) >= 11 is 3.28. The molecule has 18 heavy (non-hydrogen) atoms. The van der Waals surface area contributed by atoms with Crippen LogP contribution in [0.5, 0.6) is 0 Å². The molecule has 0 radical (unpaired) electrons. The standard InChI is InChI=1S/C12H18BrN3O2/c1-16-12(18)11(13)9(7-14-16)15-8-5-3-2-4-6-10(8)17/h7-8,10,15,17H,2-6H2,1H3. The third kappa shape index (κ3) is 2.92. The van der Waals surface area contributed by atoms with Crippen LogP contribution in [0.3, 0.4) is 0 Å². The second-order valence-electron chi connectivity index (χ2n) is 4.76. The van der Waals surface area contributed by atoms with Crippen LogP contribution in [0.2, 0.25) is 0 Å². The molecule has 1 aromatic rings. The molecule has 1 fully saturated rings. The number of aromatic nitrogens is 2. The Labute approximate surface area is 114 Å². The van der Waals surface area contributed by atoms with Gasteiger partial charge < -0.3 is 10.4 Å². The summed E-state index contributed by atoms with van der Waals surface area (Å²) in [5.74, 6) is 0. The molecule has 1 aliphatic carbocycles. The van der Waals surface area contributed by atoms with Crippen molar-refractivity contribution in [2.24, 2.45) is 7.05 Å². The average Bonchev–Trinajstić information content (AvgIpc) is 2.56. The molecule has 0 saturated heterocycles. The van der Waals surface area contributed by atoms with Gasteiger partial charge in [-0.25, -0.2) is 4.68 Å². The lowest BCUT2D eigenvalue weighted by Crippen LogP contribution is -2.33. The number of nitrogens with zero attached hydrogens (tertiary/aromatic N) is 2. The summed E-state index contributed by atoms with van der Waals surface area (Å²) in [4.78, 5) is 11.7. The Morgan fingerprint density at radius 3 is 2.94 bits per heavy atom. The largest absolute Gasteiger partial charge is 0.391 e. The second kappa shape index (κ2) is 5.84. The number of nitrogens with one attached hydrogen (secondary N) is 1. The third-order valence-corrected chi connectivity index (χ3v) is 4.16. The fraction of sp³-hybridized carbons (Fsp3) is 0.667. The van der Waals surface area contributed by atoms with Crippen molar-refractivity contribution in [3.63, 3.8) is 0 Å². The first-order valence-corrected chi connectivity index (χ1v) is 7.05. The first-order valence-electron chi connectivity index (χ1n) is 6.26. The summed E-state index contributed by atoms with van der Waals surface area (Å²) in [6, 6.07) is -0.00212. The highest BCUT2D eigenvalue weighted by Crippen LogP contribution is 2.24. The first-order chi connectivity index (χ1) is 8.59. The number of hydrogen-bond acceptors (Lipinski definition) is 4. The quantitative estimate of drug-likeness (QED) is 0.814. The molecule has 1 aromatic heterocycles. The Morgan fingerprint density at radius 1 is 1.44 bits per heavy atom. The van der Waals surface area contributed by atoms with Gasteiger partial charge in [0.2, 0.25) is 0 Å². The topological polar surface area (TPSA) is 67.2 Å². The lowest BCUT2D eigenvalue weighted by molar-refractivity contribution is 0.144. The van der Waals surface area contributed by atoms with Crippen molar-refractivity contribution in [2.75, 3.05) is 5.32 Å². The van der Waals surface area contributed by atoms with E-state index in [0.717, 1.165) is 32.1 Å². The van der Waals surface area contributed by atoms with Gasteiger partial charge in [0.15, 0.2) is 0 Å². The van der Waals surface area contributed by atoms with Crippen LogP contribution in [0, 0.1) is 0 Å². The van der Waals surface area contributed by atoms with Gasteiger partial charge in [-0.1, -0.05) is 19.3 Å². The molecule has 2 rings (SSSR count). The minimum atomic E-state index is -0.358. The Balaban J connectivity index is 2.18. The summed E-state index contributed by atoms with van der Waals surface area (Å²) in [6.45, 7) is 0. The van der Waals surface area contributed by atoms with E-state index in [1.54, 1.807) is 13.2 Å². The number of aryl methyl sites for hydroxylation is 1. The molecule has 1 heterocycles. The number of anilines is 1. The van der Waals surface area contributed by atoms with Crippen LogP contribution >= 0.6 is 15.9 Å². The van der Waals surface area contributed by atoms with E-state index in [4.69, 9.17) is 0 Å². The lowest BCUT2D eigenvalue weighted by Gasteiger charge is -2.23. The van der Waals surface area contributed by atoms with Gasteiger partial charge in [-0.2, -0.15) is 5.10 Å². The Hall–Kier alpha value is -0.880. The lowest BCUT2D eigenvalue weighted by atomic mass is 10.1. The Bertz CT molecular complexity index is 475. The van der Waals surface area contributed by atoms with Gasteiger partial charge in [-0.15, -0.1) is 0 Å². The number of hydrogen-bond donors (Lipinski definition) is 2. The predicted octanol–water partition coefficient (Wildman–Crippen LogP) is 1.65. The molecule has 0 aliphatic heterocycles. The minimum Gasteiger partial charge on any atom is -0.391 e. The van der Waals surface area contributed by atoms with Gasteiger partial charge in [0.1, 0.15) is 4.47 Å². The van der Waals surface area contributed by atoms with E-state index in [1.165, 1.54) is 4.68 Å². The monoisotopic (exact) mass is 315 g/mol. The fourth-order valence-electron chi connectivity index (χ4n) is 2.27. The molecule has 0 aromatic carbocycles. The van der Waals surface area contributed by atoms with Crippen LogP contribution in [0.25, 0.3) is 0 Å². The number of aliphatic hydroxyl groups excluding tert-OH is 1. The maximum Gasteiger partial charge on any atom is 0.282 e. The Kier molecular flexibility index (Phi) is 4.40. The zero-order valence-electron chi connectivity index (χ0n) is 10.4. The molecular weight excluding hydrogens is 298 g/mol. The summed E-state index contributed by atoms with van der Waals surface area (Å²) in [5, 5.41) is 17.3.